The Kier molecular flexibility index (Phi) is 3.43. The maximum atomic E-state index is 11.5. The number of amides is 1. The van der Waals surface area contributed by atoms with E-state index in [0.29, 0.717) is 0 Å². The Morgan fingerprint density at radius 2 is 2.29 bits per heavy atom. The first-order valence-electron chi connectivity index (χ1n) is 3.74. The van der Waals surface area contributed by atoms with E-state index < -0.39 is 0 Å². The third-order valence-corrected chi connectivity index (χ3v) is 2.19. The van der Waals surface area contributed by atoms with Crippen LogP contribution in [0.25, 0.3) is 0 Å². The van der Waals surface area contributed by atoms with Crippen molar-refractivity contribution in [2.24, 2.45) is 0 Å². The van der Waals surface area contributed by atoms with Crippen molar-refractivity contribution in [3.63, 3.8) is 0 Å². The van der Waals surface area contributed by atoms with Crippen molar-refractivity contribution < 1.29 is 14.7 Å². The molecule has 1 amide bonds. The molecule has 0 fully saturated rings. The number of aromatic nitrogens is 1. The topological polar surface area (TPSA) is 62.7 Å². The van der Waals surface area contributed by atoms with E-state index in [1.165, 1.54) is 26.3 Å². The van der Waals surface area contributed by atoms with E-state index in [-0.39, 0.29) is 22.0 Å². The highest BCUT2D eigenvalue weighted by molar-refractivity contribution is 9.10. The number of aromatic hydroxyl groups is 1. The number of carbonyl (C=O) groups excluding carboxylic acids is 1. The molecule has 0 unspecified atom stereocenters. The van der Waals surface area contributed by atoms with Gasteiger partial charge < -0.3 is 5.11 Å². The van der Waals surface area contributed by atoms with Crippen molar-refractivity contribution in [1.82, 2.24) is 10.0 Å². The molecule has 1 aromatic rings. The second kappa shape index (κ2) is 4.39. The standard InChI is InChI=1S/C8H9BrN2O3/c1-11(14-2)8(13)5-3-4-6(12)7(9)10-5/h3-4,12H,1-2H3. The number of rotatable bonds is 2. The van der Waals surface area contributed by atoms with Gasteiger partial charge >= 0.3 is 0 Å². The van der Waals surface area contributed by atoms with Gasteiger partial charge in [-0.1, -0.05) is 0 Å². The summed E-state index contributed by atoms with van der Waals surface area (Å²) in [5, 5.41) is 10.2. The van der Waals surface area contributed by atoms with E-state index in [1.807, 2.05) is 0 Å². The Balaban J connectivity index is 2.97. The highest BCUT2D eigenvalue weighted by Gasteiger charge is 2.14. The van der Waals surface area contributed by atoms with E-state index in [9.17, 15) is 4.79 Å². The first-order chi connectivity index (χ1) is 6.56. The lowest BCUT2D eigenvalue weighted by molar-refractivity contribution is -0.0760. The first-order valence-corrected chi connectivity index (χ1v) is 4.53. The molecular weight excluding hydrogens is 252 g/mol. The number of hydrogen-bond donors (Lipinski definition) is 1. The molecule has 1 heterocycles. The van der Waals surface area contributed by atoms with Crippen molar-refractivity contribution >= 4 is 21.8 Å². The number of pyridine rings is 1. The average Bonchev–Trinajstić information content (AvgIpc) is 2.20. The molecule has 1 aromatic heterocycles. The Morgan fingerprint density at radius 3 is 2.79 bits per heavy atom. The van der Waals surface area contributed by atoms with Gasteiger partial charge in [0, 0.05) is 7.05 Å². The zero-order chi connectivity index (χ0) is 10.7. The largest absolute Gasteiger partial charge is 0.505 e. The van der Waals surface area contributed by atoms with Crippen molar-refractivity contribution in [2.45, 2.75) is 0 Å². The van der Waals surface area contributed by atoms with E-state index in [0.717, 1.165) is 5.06 Å². The van der Waals surface area contributed by atoms with Gasteiger partial charge in [0.15, 0.2) is 0 Å². The molecule has 1 rings (SSSR count). The van der Waals surface area contributed by atoms with Crippen LogP contribution < -0.4 is 0 Å². The van der Waals surface area contributed by atoms with Crippen LogP contribution in [0.1, 0.15) is 10.5 Å². The van der Waals surface area contributed by atoms with Gasteiger partial charge in [-0.25, -0.2) is 10.0 Å². The van der Waals surface area contributed by atoms with Gasteiger partial charge in [-0.3, -0.25) is 9.63 Å². The van der Waals surface area contributed by atoms with Gasteiger partial charge in [-0.15, -0.1) is 0 Å². The zero-order valence-electron chi connectivity index (χ0n) is 7.69. The van der Waals surface area contributed by atoms with E-state index >= 15 is 0 Å². The Hall–Kier alpha value is -1.14. The van der Waals surface area contributed by atoms with E-state index in [2.05, 4.69) is 20.9 Å². The lowest BCUT2D eigenvalue weighted by Gasteiger charge is -2.12. The number of nitrogens with zero attached hydrogens (tertiary/aromatic N) is 2. The minimum Gasteiger partial charge on any atom is -0.505 e. The molecule has 0 aliphatic heterocycles. The summed E-state index contributed by atoms with van der Waals surface area (Å²) in [5.41, 5.74) is 0.194. The van der Waals surface area contributed by atoms with E-state index in [1.54, 1.807) is 0 Å². The quantitative estimate of drug-likeness (QED) is 0.641. The molecule has 6 heteroatoms. The second-order valence-electron chi connectivity index (χ2n) is 2.49. The molecule has 0 spiro atoms. The van der Waals surface area contributed by atoms with Crippen LogP contribution in [0.5, 0.6) is 5.75 Å². The SMILES string of the molecule is CON(C)C(=O)c1ccc(O)c(Br)n1. The molecule has 0 saturated heterocycles. The normalized spacial score (nSPS) is 9.93. The summed E-state index contributed by atoms with van der Waals surface area (Å²) in [6.07, 6.45) is 0. The summed E-state index contributed by atoms with van der Waals surface area (Å²) in [7, 11) is 2.86. The van der Waals surface area contributed by atoms with Crippen LogP contribution in [-0.4, -0.2) is 35.2 Å². The molecule has 0 bridgehead atoms. The molecule has 1 N–H and O–H groups in total. The summed E-state index contributed by atoms with van der Waals surface area (Å²) < 4.78 is 0.229. The molecule has 76 valence electrons. The van der Waals surface area contributed by atoms with Gasteiger partial charge in [0.2, 0.25) is 0 Å². The second-order valence-corrected chi connectivity index (χ2v) is 3.24. The molecule has 0 saturated carbocycles. The molecule has 0 aliphatic rings. The monoisotopic (exact) mass is 260 g/mol. The minimum atomic E-state index is -0.381. The van der Waals surface area contributed by atoms with Crippen LogP contribution in [0.2, 0.25) is 0 Å². The Labute approximate surface area is 89.4 Å². The third kappa shape index (κ3) is 2.21. The maximum Gasteiger partial charge on any atom is 0.295 e. The van der Waals surface area contributed by atoms with Gasteiger partial charge in [-0.2, -0.15) is 0 Å². The minimum absolute atomic E-state index is 0.0124. The zero-order valence-corrected chi connectivity index (χ0v) is 9.28. The van der Waals surface area contributed by atoms with Gasteiger partial charge in [0.1, 0.15) is 16.0 Å². The fraction of sp³-hybridized carbons (Fsp3) is 0.250. The fourth-order valence-corrected chi connectivity index (χ4v) is 1.11. The number of carbonyl (C=O) groups is 1. The third-order valence-electron chi connectivity index (χ3n) is 1.61. The average molecular weight is 261 g/mol. The number of hydrogen-bond acceptors (Lipinski definition) is 4. The van der Waals surface area contributed by atoms with Crippen LogP contribution in [-0.2, 0) is 4.84 Å². The molecular formula is C8H9BrN2O3. The van der Waals surface area contributed by atoms with Gasteiger partial charge in [0.05, 0.1) is 7.11 Å². The van der Waals surface area contributed by atoms with Gasteiger partial charge in [-0.05, 0) is 28.1 Å². The van der Waals surface area contributed by atoms with Crippen LogP contribution >= 0.6 is 15.9 Å². The number of hydroxylamine groups is 2. The molecule has 0 atom stereocenters. The van der Waals surface area contributed by atoms with Crippen LogP contribution in [0, 0.1) is 0 Å². The summed E-state index contributed by atoms with van der Waals surface area (Å²) in [6.45, 7) is 0. The van der Waals surface area contributed by atoms with Crippen molar-refractivity contribution in [3.8, 4) is 5.75 Å². The molecule has 0 aromatic carbocycles. The maximum absolute atomic E-state index is 11.5. The van der Waals surface area contributed by atoms with E-state index in [4.69, 9.17) is 9.94 Å². The molecule has 5 nitrogen and oxygen atoms in total. The van der Waals surface area contributed by atoms with Crippen molar-refractivity contribution in [2.75, 3.05) is 14.2 Å². The Morgan fingerprint density at radius 1 is 1.64 bits per heavy atom. The van der Waals surface area contributed by atoms with Crippen LogP contribution in [0.15, 0.2) is 16.7 Å². The number of halogens is 1. The summed E-state index contributed by atoms with van der Waals surface area (Å²) in [4.78, 5) is 20.0. The molecule has 14 heavy (non-hydrogen) atoms. The predicted octanol–water partition coefficient (Wildman–Crippen LogP) is 1.18. The Bertz CT molecular complexity index is 356. The summed E-state index contributed by atoms with van der Waals surface area (Å²) in [5.74, 6) is -0.394. The smallest absolute Gasteiger partial charge is 0.295 e. The lowest BCUT2D eigenvalue weighted by atomic mass is 10.3. The fourth-order valence-electron chi connectivity index (χ4n) is 0.790. The highest BCUT2D eigenvalue weighted by Crippen LogP contribution is 2.20. The first kappa shape index (κ1) is 10.9. The lowest BCUT2D eigenvalue weighted by Crippen LogP contribution is -2.26. The molecule has 0 radical (unpaired) electrons. The van der Waals surface area contributed by atoms with Crippen LogP contribution in [0.4, 0.5) is 0 Å². The van der Waals surface area contributed by atoms with Gasteiger partial charge in [0.25, 0.3) is 5.91 Å². The molecule has 0 aliphatic carbocycles. The predicted molar refractivity (Wildman–Crippen MR) is 52.7 cm³/mol. The van der Waals surface area contributed by atoms with Crippen molar-refractivity contribution in [1.29, 1.82) is 0 Å². The van der Waals surface area contributed by atoms with Crippen molar-refractivity contribution in [3.05, 3.63) is 22.4 Å². The summed E-state index contributed by atoms with van der Waals surface area (Å²) >= 11 is 3.01. The van der Waals surface area contributed by atoms with Crippen LogP contribution in [0.3, 0.4) is 0 Å². The highest BCUT2D eigenvalue weighted by atomic mass is 79.9. The summed E-state index contributed by atoms with van der Waals surface area (Å²) in [6, 6.07) is 2.80.